The lowest BCUT2D eigenvalue weighted by atomic mass is 10.1. The number of fused-ring (bicyclic) bond motifs is 1. The normalized spacial score (nSPS) is 24.0. The fraction of sp³-hybridized carbons (Fsp3) is 0.364. The molecule has 0 aromatic heterocycles. The highest BCUT2D eigenvalue weighted by atomic mass is 35.5. The fourth-order valence-corrected chi connectivity index (χ4v) is 4.11. The Balaban J connectivity index is 1.25. The molecule has 0 bridgehead atoms. The van der Waals surface area contributed by atoms with Gasteiger partial charge in [-0.05, 0) is 36.2 Å². The van der Waals surface area contributed by atoms with Gasteiger partial charge < -0.3 is 15.4 Å². The number of carbonyl (C=O) groups is 2. The van der Waals surface area contributed by atoms with Gasteiger partial charge in [0.15, 0.2) is 0 Å². The van der Waals surface area contributed by atoms with E-state index < -0.39 is 0 Å². The van der Waals surface area contributed by atoms with Crippen LogP contribution in [-0.2, 0) is 9.53 Å². The zero-order valence-corrected chi connectivity index (χ0v) is 16.8. The molecule has 4 rings (SSSR count). The zero-order chi connectivity index (χ0) is 20.2. The highest BCUT2D eigenvalue weighted by Gasteiger charge is 2.38. The molecule has 152 valence electrons. The number of ether oxygens (including phenoxy) is 1. The van der Waals surface area contributed by atoms with Crippen LogP contribution < -0.4 is 10.6 Å². The Morgan fingerprint density at radius 2 is 1.83 bits per heavy atom. The lowest BCUT2D eigenvalue weighted by Crippen LogP contribution is -2.44. The molecule has 3 atom stereocenters. The van der Waals surface area contributed by atoms with Gasteiger partial charge in [-0.3, -0.25) is 14.5 Å². The highest BCUT2D eigenvalue weighted by molar-refractivity contribution is 6.30. The van der Waals surface area contributed by atoms with Crippen molar-refractivity contribution in [3.63, 3.8) is 0 Å². The molecule has 7 heteroatoms. The van der Waals surface area contributed by atoms with Gasteiger partial charge in [0.05, 0.1) is 19.3 Å². The molecule has 2 N–H and O–H groups in total. The molecule has 2 aliphatic heterocycles. The summed E-state index contributed by atoms with van der Waals surface area (Å²) in [4.78, 5) is 26.7. The minimum Gasteiger partial charge on any atom is -0.371 e. The van der Waals surface area contributed by atoms with Crippen LogP contribution in [0.4, 0.5) is 0 Å². The molecule has 0 unspecified atom stereocenters. The minimum absolute atomic E-state index is 0.0168. The standard InChI is InChI=1S/C22H24ClN3O3/c23-17-8-6-15(7-9-17)20-13-26-12-18(10-19(26)14-29-20)25-21(27)11-24-22(28)16-4-2-1-3-5-16/h1-9,18-20H,10-14H2,(H,24,28)(H,25,27)/t18-,19-,20+/m0/s1. The van der Waals surface area contributed by atoms with Crippen molar-refractivity contribution in [1.29, 1.82) is 0 Å². The smallest absolute Gasteiger partial charge is 0.251 e. The van der Waals surface area contributed by atoms with Gasteiger partial charge in [0.1, 0.15) is 0 Å². The fourth-order valence-electron chi connectivity index (χ4n) is 3.99. The SMILES string of the molecule is O=C(CNC(=O)c1ccccc1)N[C@H]1C[C@H]2CO[C@@H](c3ccc(Cl)cc3)CN2C1. The van der Waals surface area contributed by atoms with E-state index in [2.05, 4.69) is 15.5 Å². The van der Waals surface area contributed by atoms with Crippen LogP contribution in [0.3, 0.4) is 0 Å². The maximum atomic E-state index is 12.3. The van der Waals surface area contributed by atoms with Gasteiger partial charge >= 0.3 is 0 Å². The summed E-state index contributed by atoms with van der Waals surface area (Å²) in [6.07, 6.45) is 0.870. The van der Waals surface area contributed by atoms with Crippen molar-refractivity contribution in [3.05, 3.63) is 70.7 Å². The third-order valence-electron chi connectivity index (χ3n) is 5.47. The Kier molecular flexibility index (Phi) is 6.13. The van der Waals surface area contributed by atoms with E-state index in [0.29, 0.717) is 23.2 Å². The largest absolute Gasteiger partial charge is 0.371 e. The summed E-state index contributed by atoms with van der Waals surface area (Å²) in [6, 6.07) is 17.0. The van der Waals surface area contributed by atoms with Crippen molar-refractivity contribution in [1.82, 2.24) is 15.5 Å². The predicted molar refractivity (Wildman–Crippen MR) is 111 cm³/mol. The van der Waals surface area contributed by atoms with Gasteiger partial charge in [0, 0.05) is 35.8 Å². The first-order valence-corrected chi connectivity index (χ1v) is 10.2. The molecule has 2 saturated heterocycles. The predicted octanol–water partition coefficient (Wildman–Crippen LogP) is 2.40. The molecule has 0 saturated carbocycles. The van der Waals surface area contributed by atoms with Gasteiger partial charge in [-0.2, -0.15) is 0 Å². The third-order valence-corrected chi connectivity index (χ3v) is 5.72. The van der Waals surface area contributed by atoms with Crippen molar-refractivity contribution in [2.75, 3.05) is 26.2 Å². The monoisotopic (exact) mass is 413 g/mol. The number of rotatable bonds is 5. The topological polar surface area (TPSA) is 70.7 Å². The van der Waals surface area contributed by atoms with E-state index in [0.717, 1.165) is 25.1 Å². The van der Waals surface area contributed by atoms with Crippen LogP contribution >= 0.6 is 11.6 Å². The van der Waals surface area contributed by atoms with Crippen LogP contribution in [0.2, 0.25) is 5.02 Å². The van der Waals surface area contributed by atoms with Gasteiger partial charge in [-0.1, -0.05) is 41.9 Å². The Morgan fingerprint density at radius 1 is 1.07 bits per heavy atom. The number of morpholine rings is 1. The van der Waals surface area contributed by atoms with Gasteiger partial charge in [0.25, 0.3) is 5.91 Å². The Bertz CT molecular complexity index is 859. The number of amides is 2. The molecule has 0 spiro atoms. The summed E-state index contributed by atoms with van der Waals surface area (Å²) >= 11 is 5.97. The maximum absolute atomic E-state index is 12.3. The van der Waals surface area contributed by atoms with Gasteiger partial charge in [0.2, 0.25) is 5.91 Å². The van der Waals surface area contributed by atoms with E-state index in [-0.39, 0.29) is 30.5 Å². The molecule has 2 aliphatic rings. The lowest BCUT2D eigenvalue weighted by molar-refractivity contribution is -0.120. The summed E-state index contributed by atoms with van der Waals surface area (Å²) in [6.45, 7) is 2.20. The van der Waals surface area contributed by atoms with Crippen LogP contribution in [-0.4, -0.2) is 55.0 Å². The number of nitrogens with zero attached hydrogens (tertiary/aromatic N) is 1. The van der Waals surface area contributed by atoms with Gasteiger partial charge in [-0.15, -0.1) is 0 Å². The number of hydrogen-bond acceptors (Lipinski definition) is 4. The molecule has 0 aliphatic carbocycles. The van der Waals surface area contributed by atoms with Crippen LogP contribution in [0, 0.1) is 0 Å². The van der Waals surface area contributed by atoms with Crippen LogP contribution in [0.25, 0.3) is 0 Å². The molecule has 2 aromatic rings. The molecular formula is C22H24ClN3O3. The van der Waals surface area contributed by atoms with E-state index in [1.54, 1.807) is 24.3 Å². The summed E-state index contributed by atoms with van der Waals surface area (Å²) in [5.41, 5.74) is 1.66. The maximum Gasteiger partial charge on any atom is 0.251 e. The summed E-state index contributed by atoms with van der Waals surface area (Å²) in [5, 5.41) is 6.42. The number of halogens is 1. The lowest BCUT2D eigenvalue weighted by Gasteiger charge is -2.35. The second-order valence-corrected chi connectivity index (χ2v) is 7.97. The molecule has 0 radical (unpaired) electrons. The Hall–Kier alpha value is -2.41. The highest BCUT2D eigenvalue weighted by Crippen LogP contribution is 2.30. The van der Waals surface area contributed by atoms with E-state index in [9.17, 15) is 9.59 Å². The second kappa shape index (κ2) is 8.95. The van der Waals surface area contributed by atoms with Crippen molar-refractivity contribution < 1.29 is 14.3 Å². The summed E-state index contributed by atoms with van der Waals surface area (Å²) in [7, 11) is 0. The average molecular weight is 414 g/mol. The summed E-state index contributed by atoms with van der Waals surface area (Å²) in [5.74, 6) is -0.418. The molecule has 2 fully saturated rings. The average Bonchev–Trinajstić information content (AvgIpc) is 3.14. The van der Waals surface area contributed by atoms with Gasteiger partial charge in [-0.25, -0.2) is 0 Å². The zero-order valence-electron chi connectivity index (χ0n) is 16.0. The summed E-state index contributed by atoms with van der Waals surface area (Å²) < 4.78 is 6.04. The van der Waals surface area contributed by atoms with Crippen molar-refractivity contribution >= 4 is 23.4 Å². The molecule has 2 aromatic carbocycles. The first-order chi connectivity index (χ1) is 14.1. The van der Waals surface area contributed by atoms with E-state index in [4.69, 9.17) is 16.3 Å². The third kappa shape index (κ3) is 4.96. The Labute approximate surface area is 175 Å². The van der Waals surface area contributed by atoms with Crippen LogP contribution in [0.15, 0.2) is 54.6 Å². The molecule has 29 heavy (non-hydrogen) atoms. The number of carbonyl (C=O) groups excluding carboxylic acids is 2. The number of nitrogens with one attached hydrogen (secondary N) is 2. The van der Waals surface area contributed by atoms with E-state index in [1.807, 2.05) is 30.3 Å². The minimum atomic E-state index is -0.246. The second-order valence-electron chi connectivity index (χ2n) is 7.53. The van der Waals surface area contributed by atoms with Crippen LogP contribution in [0.1, 0.15) is 28.4 Å². The molecule has 2 heterocycles. The first-order valence-electron chi connectivity index (χ1n) is 9.82. The Morgan fingerprint density at radius 3 is 2.59 bits per heavy atom. The molecule has 2 amide bonds. The van der Waals surface area contributed by atoms with Crippen molar-refractivity contribution in [2.45, 2.75) is 24.6 Å². The number of hydrogen-bond donors (Lipinski definition) is 2. The quantitative estimate of drug-likeness (QED) is 0.789. The van der Waals surface area contributed by atoms with E-state index >= 15 is 0 Å². The van der Waals surface area contributed by atoms with Crippen LogP contribution in [0.5, 0.6) is 0 Å². The first kappa shape index (κ1) is 19.9. The van der Waals surface area contributed by atoms with Crippen molar-refractivity contribution in [2.24, 2.45) is 0 Å². The number of benzene rings is 2. The van der Waals surface area contributed by atoms with E-state index in [1.165, 1.54) is 0 Å². The van der Waals surface area contributed by atoms with Crippen molar-refractivity contribution in [3.8, 4) is 0 Å². The molecular weight excluding hydrogens is 390 g/mol. The molecule has 6 nitrogen and oxygen atoms in total.